The van der Waals surface area contributed by atoms with Crippen molar-refractivity contribution in [1.29, 1.82) is 0 Å². The van der Waals surface area contributed by atoms with Crippen molar-refractivity contribution in [1.82, 2.24) is 0 Å². The molecule has 0 aliphatic rings. The summed E-state index contributed by atoms with van der Waals surface area (Å²) in [6.45, 7) is 0. The van der Waals surface area contributed by atoms with Crippen LogP contribution in [0.2, 0.25) is 0 Å². The van der Waals surface area contributed by atoms with Gasteiger partial charge < -0.3 is 4.55 Å². The summed E-state index contributed by atoms with van der Waals surface area (Å²) in [5.74, 6) is 1.77. The standard InChI is InChI=1S/C17H13O.H2O4S/c1-3-8-14(9-4-1)16-12-7-13-17(18-16)15-10-5-2-6-11-15;1-5(2,3)4/h1-13H;(H2,1,2,3,4)/q+1;/p-1. The number of hydrogen-bond acceptors (Lipinski definition) is 3. The first-order valence-electron chi connectivity index (χ1n) is 6.66. The fraction of sp³-hybridized carbons (Fsp3) is 0. The minimum absolute atomic E-state index is 0.886. The fourth-order valence-electron chi connectivity index (χ4n) is 1.92. The van der Waals surface area contributed by atoms with Gasteiger partial charge in [-0.05, 0) is 30.3 Å². The quantitative estimate of drug-likeness (QED) is 0.437. The molecule has 5 nitrogen and oxygen atoms in total. The second-order valence-electron chi connectivity index (χ2n) is 4.52. The first-order valence-corrected chi connectivity index (χ1v) is 8.02. The van der Waals surface area contributed by atoms with Crippen LogP contribution in [0.1, 0.15) is 0 Å². The van der Waals surface area contributed by atoms with E-state index in [4.69, 9.17) is 21.9 Å². The lowest BCUT2D eigenvalue weighted by Gasteiger charge is -1.93. The third kappa shape index (κ3) is 5.99. The van der Waals surface area contributed by atoms with Crippen molar-refractivity contribution in [2.75, 3.05) is 0 Å². The van der Waals surface area contributed by atoms with Crippen molar-refractivity contribution in [3.63, 3.8) is 0 Å². The van der Waals surface area contributed by atoms with Crippen molar-refractivity contribution in [3.8, 4) is 22.6 Å². The lowest BCUT2D eigenvalue weighted by Crippen LogP contribution is -1.90. The van der Waals surface area contributed by atoms with Gasteiger partial charge in [0.15, 0.2) is 0 Å². The summed E-state index contributed by atoms with van der Waals surface area (Å²) in [6, 6.07) is 26.3. The van der Waals surface area contributed by atoms with Crippen molar-refractivity contribution in [3.05, 3.63) is 78.9 Å². The van der Waals surface area contributed by atoms with Gasteiger partial charge in [-0.1, -0.05) is 36.4 Å². The zero-order valence-electron chi connectivity index (χ0n) is 12.0. The Hall–Kier alpha value is -2.54. The minimum Gasteiger partial charge on any atom is -0.726 e. The molecule has 0 amide bonds. The lowest BCUT2D eigenvalue weighted by atomic mass is 10.1. The third-order valence-electron chi connectivity index (χ3n) is 2.83. The molecule has 118 valence electrons. The highest BCUT2D eigenvalue weighted by atomic mass is 32.3. The lowest BCUT2D eigenvalue weighted by molar-refractivity contribution is 0.366. The molecule has 1 heterocycles. The Kier molecular flexibility index (Phi) is 5.59. The Morgan fingerprint density at radius 3 is 1.39 bits per heavy atom. The van der Waals surface area contributed by atoms with E-state index in [9.17, 15) is 0 Å². The number of hydrogen-bond donors (Lipinski definition) is 1. The maximum Gasteiger partial charge on any atom is 0.360 e. The van der Waals surface area contributed by atoms with Crippen LogP contribution in [0.5, 0.6) is 0 Å². The molecule has 0 saturated heterocycles. The van der Waals surface area contributed by atoms with Crippen LogP contribution < -0.4 is 0 Å². The van der Waals surface area contributed by atoms with Crippen LogP contribution >= 0.6 is 0 Å². The molecule has 0 saturated carbocycles. The van der Waals surface area contributed by atoms with Gasteiger partial charge in [0.1, 0.15) is 0 Å². The molecule has 6 heteroatoms. The molecule has 3 aromatic rings. The van der Waals surface area contributed by atoms with Crippen LogP contribution in [-0.2, 0) is 10.4 Å². The zero-order valence-corrected chi connectivity index (χ0v) is 12.8. The van der Waals surface area contributed by atoms with Gasteiger partial charge in [0.05, 0.1) is 11.1 Å². The van der Waals surface area contributed by atoms with Crippen molar-refractivity contribution < 1.29 is 21.9 Å². The SMILES string of the molecule is O=S(=O)([O-])O.c1ccc(-c2cccc(-c3ccccc3)[o+]2)cc1. The predicted molar refractivity (Wildman–Crippen MR) is 86.3 cm³/mol. The van der Waals surface area contributed by atoms with Crippen molar-refractivity contribution >= 4 is 10.4 Å². The Bertz CT molecular complexity index is 784. The van der Waals surface area contributed by atoms with Crippen molar-refractivity contribution in [2.24, 2.45) is 0 Å². The molecule has 0 aliphatic carbocycles. The van der Waals surface area contributed by atoms with E-state index in [0.29, 0.717) is 0 Å². The summed E-state index contributed by atoms with van der Waals surface area (Å²) in [5.41, 5.74) is 2.19. The Morgan fingerprint density at radius 1 is 0.696 bits per heavy atom. The van der Waals surface area contributed by atoms with Gasteiger partial charge in [-0.3, -0.25) is 4.55 Å². The topological polar surface area (TPSA) is 88.7 Å². The summed E-state index contributed by atoms with van der Waals surface area (Å²) in [5, 5.41) is 0. The zero-order chi connectivity index (χ0) is 16.7. The van der Waals surface area contributed by atoms with E-state index < -0.39 is 10.4 Å². The van der Waals surface area contributed by atoms with Gasteiger partial charge in [-0.25, -0.2) is 12.8 Å². The Balaban J connectivity index is 0.000000338. The van der Waals surface area contributed by atoms with Gasteiger partial charge in [-0.15, -0.1) is 0 Å². The van der Waals surface area contributed by atoms with E-state index in [2.05, 4.69) is 0 Å². The molecule has 0 atom stereocenters. The normalized spacial score (nSPS) is 10.5. The van der Waals surface area contributed by atoms with Gasteiger partial charge in [0, 0.05) is 12.1 Å². The molecule has 0 spiro atoms. The third-order valence-corrected chi connectivity index (χ3v) is 2.83. The molecule has 3 rings (SSSR count). The second kappa shape index (κ2) is 7.64. The monoisotopic (exact) mass is 330 g/mol. The molecule has 1 aromatic heterocycles. The van der Waals surface area contributed by atoms with E-state index in [0.717, 1.165) is 22.6 Å². The molecular weight excluding hydrogens is 316 g/mol. The highest BCUT2D eigenvalue weighted by Crippen LogP contribution is 2.25. The molecular formula is C17H14O5S. The second-order valence-corrected chi connectivity index (χ2v) is 5.37. The molecule has 0 fully saturated rings. The van der Waals surface area contributed by atoms with Gasteiger partial charge >= 0.3 is 11.5 Å². The van der Waals surface area contributed by atoms with Crippen molar-refractivity contribution in [2.45, 2.75) is 0 Å². The molecule has 0 unspecified atom stereocenters. The largest absolute Gasteiger partial charge is 0.726 e. The average molecular weight is 330 g/mol. The van der Waals surface area contributed by atoms with Crippen LogP contribution in [0, 0.1) is 0 Å². The Labute approximate surface area is 134 Å². The van der Waals surface area contributed by atoms with E-state index >= 15 is 0 Å². The predicted octanol–water partition coefficient (Wildman–Crippen LogP) is 3.90. The summed E-state index contributed by atoms with van der Waals surface area (Å²) in [4.78, 5) is 0. The van der Waals surface area contributed by atoms with E-state index in [-0.39, 0.29) is 0 Å². The summed E-state index contributed by atoms with van der Waals surface area (Å²) in [6.07, 6.45) is 0. The first kappa shape index (κ1) is 16.8. The van der Waals surface area contributed by atoms with Crippen LogP contribution in [0.3, 0.4) is 0 Å². The first-order chi connectivity index (χ1) is 10.9. The van der Waals surface area contributed by atoms with E-state index in [1.807, 2.05) is 78.9 Å². The average Bonchev–Trinajstić information content (AvgIpc) is 2.55. The molecule has 0 aliphatic heterocycles. The molecule has 1 N–H and O–H groups in total. The Morgan fingerprint density at radius 2 is 1.04 bits per heavy atom. The summed E-state index contributed by atoms with van der Waals surface area (Å²) in [7, 11) is -4.92. The van der Waals surface area contributed by atoms with Crippen LogP contribution in [0.4, 0.5) is 0 Å². The van der Waals surface area contributed by atoms with E-state index in [1.165, 1.54) is 0 Å². The highest BCUT2D eigenvalue weighted by Gasteiger charge is 2.15. The molecule has 23 heavy (non-hydrogen) atoms. The minimum atomic E-state index is -4.92. The van der Waals surface area contributed by atoms with Crippen LogP contribution in [0.15, 0.2) is 83.3 Å². The molecule has 2 aromatic carbocycles. The fourth-order valence-corrected chi connectivity index (χ4v) is 1.92. The highest BCUT2D eigenvalue weighted by molar-refractivity contribution is 7.79. The number of rotatable bonds is 2. The van der Waals surface area contributed by atoms with Gasteiger partial charge in [0.25, 0.3) is 0 Å². The number of benzene rings is 2. The van der Waals surface area contributed by atoms with Gasteiger partial charge in [0.2, 0.25) is 10.4 Å². The molecule has 0 bridgehead atoms. The van der Waals surface area contributed by atoms with E-state index in [1.54, 1.807) is 0 Å². The maximum atomic E-state index is 8.63. The van der Waals surface area contributed by atoms with Crippen LogP contribution in [0.25, 0.3) is 22.6 Å². The van der Waals surface area contributed by atoms with Crippen LogP contribution in [-0.4, -0.2) is 17.5 Å². The smallest absolute Gasteiger partial charge is 0.360 e. The summed E-state index contributed by atoms with van der Waals surface area (Å²) < 4.78 is 38.8. The summed E-state index contributed by atoms with van der Waals surface area (Å²) >= 11 is 0. The van der Waals surface area contributed by atoms with Gasteiger partial charge in [-0.2, -0.15) is 0 Å². The maximum absolute atomic E-state index is 8.63. The molecule has 0 radical (unpaired) electrons.